The fourth-order valence-corrected chi connectivity index (χ4v) is 3.95. The first-order chi connectivity index (χ1) is 13.8. The summed E-state index contributed by atoms with van der Waals surface area (Å²) in [7, 11) is -2.94. The number of nitrogens with zero attached hydrogens (tertiary/aromatic N) is 5. The van der Waals surface area contributed by atoms with Gasteiger partial charge in [-0.05, 0) is 17.5 Å². The Labute approximate surface area is 169 Å². The van der Waals surface area contributed by atoms with E-state index in [-0.39, 0.29) is 18.2 Å². The number of nitrogens with one attached hydrogen (secondary N) is 1. The van der Waals surface area contributed by atoms with E-state index in [1.54, 1.807) is 10.7 Å². The minimum Gasteiger partial charge on any atom is -0.496 e. The average Bonchev–Trinajstić information content (AvgIpc) is 3.31. The lowest BCUT2D eigenvalue weighted by atomic mass is 10.2. The van der Waals surface area contributed by atoms with Crippen LogP contribution in [0.15, 0.2) is 35.7 Å². The molecule has 0 spiro atoms. The lowest BCUT2D eigenvalue weighted by Gasteiger charge is -2.11. The van der Waals surface area contributed by atoms with Crippen LogP contribution in [0.4, 0.5) is 11.6 Å². The van der Waals surface area contributed by atoms with Crippen molar-refractivity contribution in [3.63, 3.8) is 0 Å². The summed E-state index contributed by atoms with van der Waals surface area (Å²) in [4.78, 5) is 9.46. The molecule has 1 aromatic carbocycles. The zero-order valence-electron chi connectivity index (χ0n) is 15.0. The number of nitrogens with two attached hydrogens (primary N) is 1. The minimum atomic E-state index is -4.39. The van der Waals surface area contributed by atoms with Gasteiger partial charge in [0.1, 0.15) is 11.4 Å². The number of benzene rings is 1. The van der Waals surface area contributed by atoms with Gasteiger partial charge in [0.05, 0.1) is 24.2 Å². The van der Waals surface area contributed by atoms with Gasteiger partial charge in [-0.3, -0.25) is 9.27 Å². The van der Waals surface area contributed by atoms with Crippen LogP contribution in [0.25, 0.3) is 21.7 Å². The van der Waals surface area contributed by atoms with E-state index in [0.29, 0.717) is 28.2 Å². The molecular formula is C16H15N7O4S2. The van der Waals surface area contributed by atoms with Crippen LogP contribution < -0.4 is 15.2 Å². The van der Waals surface area contributed by atoms with Gasteiger partial charge in [-0.25, -0.2) is 9.67 Å². The third kappa shape index (κ3) is 3.96. The maximum Gasteiger partial charge on any atom is 0.357 e. The topological polar surface area (TPSA) is 158 Å². The molecule has 4 rings (SSSR count). The van der Waals surface area contributed by atoms with Crippen LogP contribution >= 0.6 is 11.3 Å². The molecule has 0 aliphatic rings. The molecular weight excluding hydrogens is 418 g/mol. The molecule has 0 saturated heterocycles. The summed E-state index contributed by atoms with van der Waals surface area (Å²) in [5, 5.41) is 10.3. The van der Waals surface area contributed by atoms with Crippen molar-refractivity contribution in [1.82, 2.24) is 25.0 Å². The molecule has 3 aromatic heterocycles. The van der Waals surface area contributed by atoms with Gasteiger partial charge in [0.15, 0.2) is 11.2 Å². The van der Waals surface area contributed by atoms with Crippen molar-refractivity contribution in [3.8, 4) is 16.3 Å². The van der Waals surface area contributed by atoms with Gasteiger partial charge in [0.25, 0.3) is 0 Å². The molecule has 0 bridgehead atoms. The molecule has 3 heterocycles. The molecule has 0 atom stereocenters. The minimum absolute atomic E-state index is 0.101. The van der Waals surface area contributed by atoms with E-state index in [1.807, 2.05) is 22.2 Å². The highest BCUT2D eigenvalue weighted by atomic mass is 32.2. The fourth-order valence-electron chi connectivity index (χ4n) is 2.81. The monoisotopic (exact) mass is 433 g/mol. The molecule has 0 aliphatic heterocycles. The second-order valence-electron chi connectivity index (χ2n) is 5.93. The lowest BCUT2D eigenvalue weighted by molar-refractivity contribution is 0.407. The maximum atomic E-state index is 11.0. The number of fused-ring (bicyclic) bond motifs is 1. The summed E-state index contributed by atoms with van der Waals surface area (Å²) < 4.78 is 39.8. The van der Waals surface area contributed by atoms with Crippen LogP contribution in [0.2, 0.25) is 0 Å². The highest BCUT2D eigenvalue weighted by molar-refractivity contribution is 7.87. The van der Waals surface area contributed by atoms with Gasteiger partial charge in [-0.15, -0.1) is 16.4 Å². The second kappa shape index (κ2) is 7.27. The zero-order chi connectivity index (χ0) is 20.6. The lowest BCUT2D eigenvalue weighted by Crippen LogP contribution is -2.11. The average molecular weight is 433 g/mol. The van der Waals surface area contributed by atoms with E-state index in [0.717, 1.165) is 4.88 Å². The fraction of sp³-hybridized carbons (Fsp3) is 0.125. The number of methoxy groups -OCH3 is 1. The number of ether oxygens (including phenoxy) is 1. The third-order valence-electron chi connectivity index (χ3n) is 3.99. The van der Waals surface area contributed by atoms with Gasteiger partial charge in [-0.2, -0.15) is 13.4 Å². The highest BCUT2D eigenvalue weighted by Gasteiger charge is 2.17. The van der Waals surface area contributed by atoms with Crippen molar-refractivity contribution in [2.75, 3.05) is 17.6 Å². The summed E-state index contributed by atoms with van der Waals surface area (Å²) >= 11 is 1.51. The van der Waals surface area contributed by atoms with E-state index in [1.165, 1.54) is 30.6 Å². The number of anilines is 2. The third-order valence-corrected chi connectivity index (χ3v) is 5.36. The van der Waals surface area contributed by atoms with E-state index in [2.05, 4.69) is 20.3 Å². The Bertz CT molecular complexity index is 1290. The first-order valence-electron chi connectivity index (χ1n) is 8.17. The van der Waals surface area contributed by atoms with Crippen LogP contribution in [-0.4, -0.2) is 45.0 Å². The molecule has 4 aromatic rings. The summed E-state index contributed by atoms with van der Waals surface area (Å²) in [5.74, 6) is 0.493. The van der Waals surface area contributed by atoms with Crippen molar-refractivity contribution in [2.45, 2.75) is 6.54 Å². The normalized spacial score (nSPS) is 11.7. The maximum absolute atomic E-state index is 11.0. The predicted octanol–water partition coefficient (Wildman–Crippen LogP) is 1.80. The van der Waals surface area contributed by atoms with E-state index >= 15 is 0 Å². The number of thiophene rings is 1. The Morgan fingerprint density at radius 3 is 2.83 bits per heavy atom. The number of hydrogen-bond acceptors (Lipinski definition) is 9. The molecule has 11 nitrogen and oxygen atoms in total. The standard InChI is InChI=1S/C16H15N7O4S2/c1-27-11-7-10(21-29(24,25)26)5-4-9(11)8-23-15-14(20-22-23)13(18-16(17)19-15)12-3-2-6-28-12/h2-7,21H,8H2,1H3,(H2,17,18,19)(H,24,25,26). The Hall–Kier alpha value is -3.29. The van der Waals surface area contributed by atoms with E-state index in [9.17, 15) is 8.42 Å². The van der Waals surface area contributed by atoms with Crippen molar-refractivity contribution in [3.05, 3.63) is 41.3 Å². The number of hydrogen-bond donors (Lipinski definition) is 3. The highest BCUT2D eigenvalue weighted by Crippen LogP contribution is 2.30. The summed E-state index contributed by atoms with van der Waals surface area (Å²) in [6, 6.07) is 8.40. The SMILES string of the molecule is COc1cc(NS(=O)(=O)O)ccc1Cn1nnc2c(-c3cccs3)nc(N)nc21. The quantitative estimate of drug-likeness (QED) is 0.385. The number of rotatable bonds is 6. The zero-order valence-corrected chi connectivity index (χ0v) is 16.6. The van der Waals surface area contributed by atoms with Crippen LogP contribution in [0.3, 0.4) is 0 Å². The molecule has 29 heavy (non-hydrogen) atoms. The number of aromatic nitrogens is 5. The Morgan fingerprint density at radius 2 is 2.14 bits per heavy atom. The van der Waals surface area contributed by atoms with Gasteiger partial charge < -0.3 is 10.5 Å². The molecule has 0 radical (unpaired) electrons. The van der Waals surface area contributed by atoms with Gasteiger partial charge in [0, 0.05) is 11.6 Å². The molecule has 150 valence electrons. The van der Waals surface area contributed by atoms with Crippen LogP contribution in [0, 0.1) is 0 Å². The molecule has 13 heteroatoms. The predicted molar refractivity (Wildman–Crippen MR) is 108 cm³/mol. The summed E-state index contributed by atoms with van der Waals surface area (Å²) in [5.41, 5.74) is 8.32. The first-order valence-corrected chi connectivity index (χ1v) is 10.5. The van der Waals surface area contributed by atoms with Gasteiger partial charge in [0.2, 0.25) is 5.95 Å². The summed E-state index contributed by atoms with van der Waals surface area (Å²) in [6.45, 7) is 0.242. The van der Waals surface area contributed by atoms with Crippen LogP contribution in [-0.2, 0) is 16.8 Å². The van der Waals surface area contributed by atoms with Crippen molar-refractivity contribution >= 4 is 44.4 Å². The van der Waals surface area contributed by atoms with Crippen molar-refractivity contribution in [1.29, 1.82) is 0 Å². The van der Waals surface area contributed by atoms with Crippen molar-refractivity contribution in [2.24, 2.45) is 0 Å². The Kier molecular flexibility index (Phi) is 4.77. The van der Waals surface area contributed by atoms with E-state index in [4.69, 9.17) is 15.0 Å². The smallest absolute Gasteiger partial charge is 0.357 e. The molecule has 0 saturated carbocycles. The molecule has 0 amide bonds. The largest absolute Gasteiger partial charge is 0.496 e. The number of nitrogen functional groups attached to an aromatic ring is 1. The van der Waals surface area contributed by atoms with Gasteiger partial charge >= 0.3 is 10.3 Å². The Morgan fingerprint density at radius 1 is 1.31 bits per heavy atom. The van der Waals surface area contributed by atoms with Gasteiger partial charge in [-0.1, -0.05) is 17.3 Å². The first kappa shape index (κ1) is 19.0. The molecule has 0 aliphatic carbocycles. The van der Waals surface area contributed by atoms with Crippen LogP contribution in [0.1, 0.15) is 5.56 Å². The molecule has 4 N–H and O–H groups in total. The van der Waals surface area contributed by atoms with E-state index < -0.39 is 10.3 Å². The molecule has 0 fully saturated rings. The van der Waals surface area contributed by atoms with Crippen molar-refractivity contribution < 1.29 is 17.7 Å². The second-order valence-corrected chi connectivity index (χ2v) is 8.03. The molecule has 0 unspecified atom stereocenters. The summed E-state index contributed by atoms with van der Waals surface area (Å²) in [6.07, 6.45) is 0. The Balaban J connectivity index is 1.73. The van der Waals surface area contributed by atoms with Crippen LogP contribution in [0.5, 0.6) is 5.75 Å².